The summed E-state index contributed by atoms with van der Waals surface area (Å²) in [4.78, 5) is 39.4. The summed E-state index contributed by atoms with van der Waals surface area (Å²) in [6.07, 6.45) is 3.01. The number of thioether (sulfide) groups is 2. The van der Waals surface area contributed by atoms with E-state index in [0.29, 0.717) is 25.2 Å². The lowest BCUT2D eigenvalue weighted by atomic mass is 9.82. The van der Waals surface area contributed by atoms with Crippen molar-refractivity contribution in [2.45, 2.75) is 23.8 Å². The van der Waals surface area contributed by atoms with Crippen molar-refractivity contribution >= 4 is 35.4 Å². The molecule has 1 saturated heterocycles. The molecule has 0 aliphatic carbocycles. The average molecular weight is 445 g/mol. The summed E-state index contributed by atoms with van der Waals surface area (Å²) in [6, 6.07) is 12.0. The maximum Gasteiger partial charge on any atom is 0.313 e. The minimum absolute atomic E-state index is 0.0164. The minimum atomic E-state index is -0.907. The van der Waals surface area contributed by atoms with Crippen LogP contribution in [0.5, 0.6) is 0 Å². The summed E-state index contributed by atoms with van der Waals surface area (Å²) in [5, 5.41) is 8.75. The van der Waals surface area contributed by atoms with E-state index in [9.17, 15) is 14.4 Å². The molecule has 0 radical (unpaired) electrons. The first-order valence-corrected chi connectivity index (χ1v) is 12.3. The normalized spacial score (nSPS) is 20.0. The number of benzene rings is 1. The topological polar surface area (TPSA) is 79.6 Å². The molecule has 4 rings (SSSR count). The fourth-order valence-corrected chi connectivity index (χ4v) is 5.50. The van der Waals surface area contributed by atoms with E-state index < -0.39 is 5.97 Å². The molecule has 1 amide bonds. The highest BCUT2D eigenvalue weighted by molar-refractivity contribution is 8.00. The predicted octanol–water partition coefficient (Wildman–Crippen LogP) is 3.00. The Morgan fingerprint density at radius 1 is 1.07 bits per heavy atom. The van der Waals surface area contributed by atoms with Crippen molar-refractivity contribution in [2.75, 3.05) is 30.9 Å². The van der Waals surface area contributed by atoms with Gasteiger partial charge in [0.15, 0.2) is 0 Å². The number of carboxylic acids is 1. The summed E-state index contributed by atoms with van der Waals surface area (Å²) in [7, 11) is 0. The third-order valence-electron chi connectivity index (χ3n) is 5.81. The van der Waals surface area contributed by atoms with Crippen LogP contribution in [0.3, 0.4) is 0 Å². The molecular weight excluding hydrogens is 420 g/mol. The van der Waals surface area contributed by atoms with E-state index in [2.05, 4.69) is 0 Å². The lowest BCUT2D eigenvalue weighted by Gasteiger charge is -2.43. The van der Waals surface area contributed by atoms with Crippen LogP contribution in [-0.2, 0) is 16.1 Å². The van der Waals surface area contributed by atoms with Gasteiger partial charge in [0.2, 0.25) is 5.91 Å². The van der Waals surface area contributed by atoms with Gasteiger partial charge in [-0.25, -0.2) is 0 Å². The number of piperidine rings is 1. The van der Waals surface area contributed by atoms with Gasteiger partial charge in [0.25, 0.3) is 5.56 Å². The standard InChI is InChI=1S/C22H24N2O4S2/c1-29-17-4-2-15(3-5-17)18-6-7-19-16-8-14(10-24(19)22(18)28)9-23(11-16)20(25)12-30-13-21(26)27/h2-7,14,16H,8-13H2,1H3,(H,26,27)/t14-,16-/m1/s1. The second-order valence-electron chi connectivity index (χ2n) is 7.80. The van der Waals surface area contributed by atoms with Crippen molar-refractivity contribution in [3.05, 3.63) is 52.4 Å². The van der Waals surface area contributed by atoms with E-state index in [4.69, 9.17) is 5.11 Å². The van der Waals surface area contributed by atoms with Crippen LogP contribution in [0.25, 0.3) is 11.1 Å². The van der Waals surface area contributed by atoms with Gasteiger partial charge in [-0.05, 0) is 48.4 Å². The van der Waals surface area contributed by atoms with Gasteiger partial charge in [-0.3, -0.25) is 14.4 Å². The van der Waals surface area contributed by atoms with E-state index in [1.165, 1.54) is 0 Å². The Hall–Kier alpha value is -2.19. The average Bonchev–Trinajstić information content (AvgIpc) is 2.74. The van der Waals surface area contributed by atoms with Gasteiger partial charge in [-0.15, -0.1) is 23.5 Å². The summed E-state index contributed by atoms with van der Waals surface area (Å²) in [5.74, 6) is -0.412. The lowest BCUT2D eigenvalue weighted by molar-refractivity contribution is -0.133. The van der Waals surface area contributed by atoms with Gasteiger partial charge in [0.05, 0.1) is 11.5 Å². The highest BCUT2D eigenvalue weighted by Gasteiger charge is 2.36. The number of amides is 1. The molecule has 3 heterocycles. The molecule has 6 nitrogen and oxygen atoms in total. The number of pyridine rings is 1. The number of fused-ring (bicyclic) bond motifs is 4. The first-order valence-electron chi connectivity index (χ1n) is 9.91. The molecule has 1 aromatic heterocycles. The number of hydrogen-bond acceptors (Lipinski definition) is 5. The molecule has 2 atom stereocenters. The Balaban J connectivity index is 1.54. The van der Waals surface area contributed by atoms with Crippen LogP contribution in [0.4, 0.5) is 0 Å². The molecule has 0 unspecified atom stereocenters. The van der Waals surface area contributed by atoms with Gasteiger partial charge in [-0.1, -0.05) is 12.1 Å². The van der Waals surface area contributed by atoms with Crippen molar-refractivity contribution in [1.82, 2.24) is 9.47 Å². The smallest absolute Gasteiger partial charge is 0.313 e. The maximum atomic E-state index is 13.2. The van der Waals surface area contributed by atoms with E-state index in [1.807, 2.05) is 52.1 Å². The number of aliphatic carboxylic acids is 1. The minimum Gasteiger partial charge on any atom is -0.481 e. The lowest BCUT2D eigenvalue weighted by Crippen LogP contribution is -2.49. The number of hydrogen-bond donors (Lipinski definition) is 1. The zero-order valence-corrected chi connectivity index (χ0v) is 18.4. The van der Waals surface area contributed by atoms with Crippen LogP contribution >= 0.6 is 23.5 Å². The molecule has 8 heteroatoms. The molecule has 1 fully saturated rings. The molecule has 1 N–H and O–H groups in total. The number of carbonyl (C=O) groups excluding carboxylic acids is 1. The largest absolute Gasteiger partial charge is 0.481 e. The number of rotatable bonds is 6. The first-order chi connectivity index (χ1) is 14.5. The molecule has 0 spiro atoms. The van der Waals surface area contributed by atoms with Crippen LogP contribution in [0, 0.1) is 5.92 Å². The maximum absolute atomic E-state index is 13.2. The molecular formula is C22H24N2O4S2. The number of carbonyl (C=O) groups is 2. The molecule has 158 valence electrons. The highest BCUT2D eigenvalue weighted by atomic mass is 32.2. The Kier molecular flexibility index (Phi) is 6.24. The third-order valence-corrected chi connectivity index (χ3v) is 7.45. The zero-order valence-electron chi connectivity index (χ0n) is 16.7. The molecule has 2 aromatic rings. The van der Waals surface area contributed by atoms with E-state index in [-0.39, 0.29) is 34.8 Å². The van der Waals surface area contributed by atoms with E-state index in [0.717, 1.165) is 34.3 Å². The van der Waals surface area contributed by atoms with Crippen LogP contribution in [0.2, 0.25) is 0 Å². The Labute approximate surface area is 183 Å². The quantitative estimate of drug-likeness (QED) is 0.690. The highest BCUT2D eigenvalue weighted by Crippen LogP contribution is 2.36. The summed E-state index contributed by atoms with van der Waals surface area (Å²) in [6.45, 7) is 1.83. The van der Waals surface area contributed by atoms with Gasteiger partial charge < -0.3 is 14.6 Å². The summed E-state index contributed by atoms with van der Waals surface area (Å²) in [5.41, 5.74) is 2.67. The zero-order chi connectivity index (χ0) is 21.3. The van der Waals surface area contributed by atoms with Crippen molar-refractivity contribution < 1.29 is 14.7 Å². The fourth-order valence-electron chi connectivity index (χ4n) is 4.46. The van der Waals surface area contributed by atoms with Crippen molar-refractivity contribution in [3.63, 3.8) is 0 Å². The molecule has 2 aliphatic heterocycles. The van der Waals surface area contributed by atoms with Crippen LogP contribution in [0.15, 0.2) is 46.1 Å². The molecule has 0 saturated carbocycles. The molecule has 2 aliphatic rings. The first kappa shape index (κ1) is 21.1. The van der Waals surface area contributed by atoms with Crippen LogP contribution in [-0.4, -0.2) is 57.3 Å². The third kappa shape index (κ3) is 4.30. The fraction of sp³-hybridized carbons (Fsp3) is 0.409. The van der Waals surface area contributed by atoms with Gasteiger partial charge in [0.1, 0.15) is 0 Å². The summed E-state index contributed by atoms with van der Waals surface area (Å²) >= 11 is 2.81. The Bertz CT molecular complexity index is 1020. The second kappa shape index (κ2) is 8.89. The van der Waals surface area contributed by atoms with Crippen molar-refractivity contribution in [1.29, 1.82) is 0 Å². The van der Waals surface area contributed by atoms with Crippen molar-refractivity contribution in [2.24, 2.45) is 5.92 Å². The van der Waals surface area contributed by atoms with Gasteiger partial charge in [0, 0.05) is 41.7 Å². The molecule has 30 heavy (non-hydrogen) atoms. The van der Waals surface area contributed by atoms with E-state index >= 15 is 0 Å². The number of likely N-dealkylation sites (tertiary alicyclic amines) is 1. The molecule has 1 aromatic carbocycles. The molecule has 2 bridgehead atoms. The Morgan fingerprint density at radius 2 is 1.83 bits per heavy atom. The monoisotopic (exact) mass is 444 g/mol. The van der Waals surface area contributed by atoms with Crippen LogP contribution in [0.1, 0.15) is 18.0 Å². The second-order valence-corrected chi connectivity index (χ2v) is 9.67. The number of nitrogens with zero attached hydrogens (tertiary/aromatic N) is 2. The predicted molar refractivity (Wildman–Crippen MR) is 120 cm³/mol. The van der Waals surface area contributed by atoms with Crippen molar-refractivity contribution in [3.8, 4) is 11.1 Å². The SMILES string of the molecule is CSc1ccc(-c2ccc3n(c2=O)C[C@@H]2C[C@@H]3CN(C(=O)CSCC(=O)O)C2)cc1. The van der Waals surface area contributed by atoms with E-state index in [1.54, 1.807) is 11.8 Å². The number of aromatic nitrogens is 1. The summed E-state index contributed by atoms with van der Waals surface area (Å²) < 4.78 is 1.90. The Morgan fingerprint density at radius 3 is 2.53 bits per heavy atom. The van der Waals surface area contributed by atoms with Crippen LogP contribution < -0.4 is 5.56 Å². The number of carboxylic acid groups (broad SMARTS) is 1. The van der Waals surface area contributed by atoms with Gasteiger partial charge >= 0.3 is 5.97 Å². The van der Waals surface area contributed by atoms with Gasteiger partial charge in [-0.2, -0.15) is 0 Å².